The van der Waals surface area contributed by atoms with Crippen LogP contribution in [-0.4, -0.2) is 9.13 Å². The molecule has 0 amide bonds. The van der Waals surface area contributed by atoms with Gasteiger partial charge in [-0.25, -0.2) is 0 Å². The standard InChI is InChI=1S/C45H42N2/c1-30(2)31(3)33-21-25-42-40(27-33)39-23-20-32(26-43(39)47(42)36-16-10-7-11-17-36)29-45(4,5)34-22-24-38-37-18-12-13-19-41(37)46(44(38)28-34)35-14-8-6-9-15-35/h6-28,30-31H,29H2,1-5H3. The summed E-state index contributed by atoms with van der Waals surface area (Å²) in [5, 5.41) is 5.24. The largest absolute Gasteiger partial charge is 0.309 e. The summed E-state index contributed by atoms with van der Waals surface area (Å²) >= 11 is 0. The van der Waals surface area contributed by atoms with Gasteiger partial charge in [0.05, 0.1) is 22.1 Å². The van der Waals surface area contributed by atoms with Gasteiger partial charge in [0, 0.05) is 32.9 Å². The summed E-state index contributed by atoms with van der Waals surface area (Å²) in [4.78, 5) is 0. The molecule has 0 aliphatic rings. The third-order valence-corrected chi connectivity index (χ3v) is 10.5. The fourth-order valence-corrected chi connectivity index (χ4v) is 7.58. The van der Waals surface area contributed by atoms with E-state index in [1.54, 1.807) is 0 Å². The van der Waals surface area contributed by atoms with Crippen LogP contribution >= 0.6 is 0 Å². The lowest BCUT2D eigenvalue weighted by Crippen LogP contribution is -2.20. The van der Waals surface area contributed by atoms with Gasteiger partial charge in [0.15, 0.2) is 0 Å². The van der Waals surface area contributed by atoms with E-state index >= 15 is 0 Å². The van der Waals surface area contributed by atoms with E-state index in [2.05, 4.69) is 183 Å². The van der Waals surface area contributed by atoms with Crippen molar-refractivity contribution < 1.29 is 0 Å². The van der Waals surface area contributed by atoms with Crippen LogP contribution < -0.4 is 0 Å². The Balaban J connectivity index is 1.25. The van der Waals surface area contributed by atoms with Gasteiger partial charge in [-0.3, -0.25) is 0 Å². The highest BCUT2D eigenvalue weighted by molar-refractivity contribution is 6.10. The van der Waals surface area contributed by atoms with Crippen molar-refractivity contribution in [3.8, 4) is 11.4 Å². The first-order chi connectivity index (χ1) is 22.8. The van der Waals surface area contributed by atoms with Crippen LogP contribution in [0.15, 0.2) is 140 Å². The number of nitrogens with zero attached hydrogens (tertiary/aromatic N) is 2. The third kappa shape index (κ3) is 4.95. The second-order valence-corrected chi connectivity index (χ2v) is 14.3. The Morgan fingerprint density at radius 3 is 1.72 bits per heavy atom. The monoisotopic (exact) mass is 610 g/mol. The van der Waals surface area contributed by atoms with Crippen molar-refractivity contribution >= 4 is 43.6 Å². The fraction of sp³-hybridized carbons (Fsp3) is 0.200. The lowest BCUT2D eigenvalue weighted by atomic mass is 9.79. The maximum atomic E-state index is 2.45. The maximum Gasteiger partial charge on any atom is 0.0544 e. The van der Waals surface area contributed by atoms with Gasteiger partial charge in [0.2, 0.25) is 0 Å². The molecule has 47 heavy (non-hydrogen) atoms. The van der Waals surface area contributed by atoms with E-state index in [1.807, 2.05) is 0 Å². The van der Waals surface area contributed by atoms with E-state index in [0.29, 0.717) is 11.8 Å². The molecule has 8 rings (SSSR count). The number of benzene rings is 6. The molecule has 2 nitrogen and oxygen atoms in total. The van der Waals surface area contributed by atoms with E-state index in [0.717, 1.165) is 6.42 Å². The van der Waals surface area contributed by atoms with Crippen LogP contribution in [-0.2, 0) is 11.8 Å². The molecule has 8 aromatic rings. The van der Waals surface area contributed by atoms with Crippen molar-refractivity contribution in [3.63, 3.8) is 0 Å². The highest BCUT2D eigenvalue weighted by Crippen LogP contribution is 2.39. The van der Waals surface area contributed by atoms with Crippen molar-refractivity contribution in [1.29, 1.82) is 0 Å². The fourth-order valence-electron chi connectivity index (χ4n) is 7.58. The molecule has 0 N–H and O–H groups in total. The average Bonchev–Trinajstić information content (AvgIpc) is 3.60. The van der Waals surface area contributed by atoms with Gasteiger partial charge in [0.25, 0.3) is 0 Å². The van der Waals surface area contributed by atoms with Crippen molar-refractivity contribution in [1.82, 2.24) is 9.13 Å². The molecule has 0 aliphatic carbocycles. The SMILES string of the molecule is CC(C)C(C)c1ccc2c(c1)c1ccc(CC(C)(C)c3ccc4c5ccccc5n(-c5ccccc5)c4c3)cc1n2-c1ccccc1. The van der Waals surface area contributed by atoms with Crippen molar-refractivity contribution in [2.45, 2.75) is 52.4 Å². The Bertz CT molecular complexity index is 2390. The first kappa shape index (κ1) is 29.3. The highest BCUT2D eigenvalue weighted by Gasteiger charge is 2.24. The Hall–Kier alpha value is -5.08. The van der Waals surface area contributed by atoms with Crippen molar-refractivity contribution in [3.05, 3.63) is 156 Å². The molecule has 2 heterocycles. The van der Waals surface area contributed by atoms with E-state index in [1.165, 1.54) is 71.7 Å². The molecular weight excluding hydrogens is 569 g/mol. The molecule has 0 aliphatic heterocycles. The molecule has 6 aromatic carbocycles. The molecule has 0 fully saturated rings. The molecule has 0 spiro atoms. The number of hydrogen-bond donors (Lipinski definition) is 0. The van der Waals surface area contributed by atoms with Gasteiger partial charge in [-0.1, -0.05) is 120 Å². The normalized spacial score (nSPS) is 13.0. The number of rotatable bonds is 7. The molecular formula is C45H42N2. The maximum absolute atomic E-state index is 2.45. The molecule has 1 atom stereocenters. The second-order valence-electron chi connectivity index (χ2n) is 14.3. The summed E-state index contributed by atoms with van der Waals surface area (Å²) in [6, 6.07) is 51.7. The zero-order valence-electron chi connectivity index (χ0n) is 28.0. The van der Waals surface area contributed by atoms with E-state index < -0.39 is 0 Å². The highest BCUT2D eigenvalue weighted by atomic mass is 15.0. The lowest BCUT2D eigenvalue weighted by Gasteiger charge is -2.26. The third-order valence-electron chi connectivity index (χ3n) is 10.5. The lowest BCUT2D eigenvalue weighted by molar-refractivity contribution is 0.523. The minimum Gasteiger partial charge on any atom is -0.309 e. The van der Waals surface area contributed by atoms with E-state index in [-0.39, 0.29) is 5.41 Å². The second kappa shape index (κ2) is 11.3. The number of fused-ring (bicyclic) bond motifs is 6. The van der Waals surface area contributed by atoms with Gasteiger partial charge >= 0.3 is 0 Å². The predicted octanol–water partition coefficient (Wildman–Crippen LogP) is 12.2. The first-order valence-corrected chi connectivity index (χ1v) is 17.0. The molecule has 0 bridgehead atoms. The molecule has 1 unspecified atom stereocenters. The summed E-state index contributed by atoms with van der Waals surface area (Å²) in [5.41, 5.74) is 11.5. The Labute approximate surface area is 277 Å². The van der Waals surface area contributed by atoms with Crippen LogP contribution in [0, 0.1) is 5.92 Å². The van der Waals surface area contributed by atoms with Crippen molar-refractivity contribution in [2.75, 3.05) is 0 Å². The van der Waals surface area contributed by atoms with Gasteiger partial charge < -0.3 is 9.13 Å². The van der Waals surface area contributed by atoms with Crippen molar-refractivity contribution in [2.24, 2.45) is 5.92 Å². The van der Waals surface area contributed by atoms with Gasteiger partial charge in [0.1, 0.15) is 0 Å². The van der Waals surface area contributed by atoms with Crippen LogP contribution in [0.1, 0.15) is 57.2 Å². The summed E-state index contributed by atoms with van der Waals surface area (Å²) in [6.45, 7) is 11.8. The van der Waals surface area contributed by atoms with Crippen LogP contribution in [0.3, 0.4) is 0 Å². The Kier molecular flexibility index (Phi) is 7.06. The molecule has 2 heteroatoms. The van der Waals surface area contributed by atoms with Crippen LogP contribution in [0.25, 0.3) is 55.0 Å². The number of aromatic nitrogens is 2. The number of hydrogen-bond acceptors (Lipinski definition) is 0. The van der Waals surface area contributed by atoms with Gasteiger partial charge in [-0.15, -0.1) is 0 Å². The zero-order chi connectivity index (χ0) is 32.3. The van der Waals surface area contributed by atoms with E-state index in [4.69, 9.17) is 0 Å². The van der Waals surface area contributed by atoms with Gasteiger partial charge in [-0.05, 0) is 95.0 Å². The quantitative estimate of drug-likeness (QED) is 0.170. The summed E-state index contributed by atoms with van der Waals surface area (Å²) in [6.07, 6.45) is 0.936. The van der Waals surface area contributed by atoms with Gasteiger partial charge in [-0.2, -0.15) is 0 Å². The van der Waals surface area contributed by atoms with Crippen LogP contribution in [0.5, 0.6) is 0 Å². The molecule has 2 aromatic heterocycles. The number of para-hydroxylation sites is 3. The minimum atomic E-state index is -0.0801. The smallest absolute Gasteiger partial charge is 0.0544 e. The first-order valence-electron chi connectivity index (χ1n) is 17.0. The Morgan fingerprint density at radius 1 is 0.489 bits per heavy atom. The summed E-state index contributed by atoms with van der Waals surface area (Å²) in [7, 11) is 0. The summed E-state index contributed by atoms with van der Waals surface area (Å²) in [5.74, 6) is 1.10. The van der Waals surface area contributed by atoms with Crippen LogP contribution in [0.2, 0.25) is 0 Å². The Morgan fingerprint density at radius 2 is 1.04 bits per heavy atom. The average molecular weight is 611 g/mol. The topological polar surface area (TPSA) is 9.86 Å². The molecule has 0 saturated carbocycles. The minimum absolute atomic E-state index is 0.0801. The molecule has 232 valence electrons. The van der Waals surface area contributed by atoms with Crippen LogP contribution in [0.4, 0.5) is 0 Å². The summed E-state index contributed by atoms with van der Waals surface area (Å²) < 4.78 is 4.87. The zero-order valence-corrected chi connectivity index (χ0v) is 28.0. The predicted molar refractivity (Wildman–Crippen MR) is 202 cm³/mol. The molecule has 0 radical (unpaired) electrons. The van der Waals surface area contributed by atoms with E-state index in [9.17, 15) is 0 Å². The molecule has 0 saturated heterocycles.